The van der Waals surface area contributed by atoms with Crippen LogP contribution < -0.4 is 5.73 Å². The van der Waals surface area contributed by atoms with Crippen LogP contribution in [0.1, 0.15) is 12.8 Å². The van der Waals surface area contributed by atoms with E-state index in [0.717, 1.165) is 17.9 Å². The molecule has 3 heteroatoms. The van der Waals surface area contributed by atoms with Crippen molar-refractivity contribution in [1.29, 1.82) is 0 Å². The zero-order valence-corrected chi connectivity index (χ0v) is 6.00. The van der Waals surface area contributed by atoms with Crippen LogP contribution >= 0.6 is 24.0 Å². The van der Waals surface area contributed by atoms with Crippen LogP contribution in [0.25, 0.3) is 0 Å². The van der Waals surface area contributed by atoms with E-state index in [-0.39, 0.29) is 18.4 Å². The fraction of sp³-hybridized carbons (Fsp3) is 0.600. The molecule has 0 aliphatic heterocycles. The molecule has 0 spiro atoms. The normalized spacial score (nSPS) is 26.8. The van der Waals surface area contributed by atoms with E-state index in [1.807, 2.05) is 6.08 Å². The lowest BCUT2D eigenvalue weighted by Crippen LogP contribution is -2.15. The summed E-state index contributed by atoms with van der Waals surface area (Å²) in [5.41, 5.74) is 5.48. The number of hydrogen-bond acceptors (Lipinski definition) is 1. The molecule has 8 heavy (non-hydrogen) atoms. The zero-order chi connectivity index (χ0) is 5.28. The maximum atomic E-state index is 5.60. The third-order valence-electron chi connectivity index (χ3n) is 1.17. The highest BCUT2D eigenvalue weighted by Crippen LogP contribution is 2.19. The number of halogens is 2. The van der Waals surface area contributed by atoms with Gasteiger partial charge in [-0.1, -0.05) is 17.7 Å². The lowest BCUT2D eigenvalue weighted by molar-refractivity contribution is 0.772. The van der Waals surface area contributed by atoms with Gasteiger partial charge in [0.25, 0.3) is 0 Å². The molecular formula is C5H9Cl2N. The number of hydrogen-bond donors (Lipinski definition) is 1. The van der Waals surface area contributed by atoms with Crippen LogP contribution in [0.3, 0.4) is 0 Å². The lowest BCUT2D eigenvalue weighted by Gasteiger charge is -1.97. The molecule has 0 aromatic carbocycles. The van der Waals surface area contributed by atoms with Crippen molar-refractivity contribution in [3.05, 3.63) is 11.1 Å². The minimum absolute atomic E-state index is 0. The first kappa shape index (κ1) is 8.28. The standard InChI is InChI=1S/C5H8ClN.ClH/c6-4-2-1-3-5(4)7;/h2,5H,1,3,7H2;1H/t5-;/m1./s1. The summed E-state index contributed by atoms with van der Waals surface area (Å²) in [6, 6.07) is 0.140. The van der Waals surface area contributed by atoms with Crippen LogP contribution in [0.2, 0.25) is 0 Å². The molecule has 0 saturated heterocycles. The summed E-state index contributed by atoms with van der Waals surface area (Å²) in [6.45, 7) is 0. The van der Waals surface area contributed by atoms with Gasteiger partial charge in [-0.25, -0.2) is 0 Å². The summed E-state index contributed by atoms with van der Waals surface area (Å²) in [6.07, 6.45) is 4.06. The quantitative estimate of drug-likeness (QED) is 0.564. The van der Waals surface area contributed by atoms with Gasteiger partial charge in [0.05, 0.1) is 0 Å². The minimum atomic E-state index is 0. The average Bonchev–Trinajstić information content (AvgIpc) is 1.91. The number of allylic oxidation sites excluding steroid dienone is 1. The van der Waals surface area contributed by atoms with Crippen molar-refractivity contribution < 1.29 is 0 Å². The fourth-order valence-corrected chi connectivity index (χ4v) is 0.908. The molecule has 0 fully saturated rings. The van der Waals surface area contributed by atoms with E-state index >= 15 is 0 Å². The summed E-state index contributed by atoms with van der Waals surface area (Å²) < 4.78 is 0. The first-order valence-corrected chi connectivity index (χ1v) is 2.79. The van der Waals surface area contributed by atoms with Gasteiger partial charge in [0.1, 0.15) is 0 Å². The van der Waals surface area contributed by atoms with Gasteiger partial charge >= 0.3 is 0 Å². The Balaban J connectivity index is 0.000000490. The predicted octanol–water partition coefficient (Wildman–Crippen LogP) is 1.65. The Morgan fingerprint density at radius 1 is 1.75 bits per heavy atom. The predicted molar refractivity (Wildman–Crippen MR) is 38.4 cm³/mol. The van der Waals surface area contributed by atoms with Gasteiger partial charge in [0, 0.05) is 11.1 Å². The van der Waals surface area contributed by atoms with Crippen molar-refractivity contribution in [2.75, 3.05) is 0 Å². The first-order chi connectivity index (χ1) is 3.30. The second kappa shape index (κ2) is 3.33. The van der Waals surface area contributed by atoms with Crippen LogP contribution in [-0.2, 0) is 0 Å². The van der Waals surface area contributed by atoms with Gasteiger partial charge in [-0.05, 0) is 12.8 Å². The summed E-state index contributed by atoms with van der Waals surface area (Å²) in [5, 5.41) is 0.833. The molecule has 1 atom stereocenters. The Morgan fingerprint density at radius 3 is 2.50 bits per heavy atom. The summed E-state index contributed by atoms with van der Waals surface area (Å²) in [7, 11) is 0. The minimum Gasteiger partial charge on any atom is -0.323 e. The van der Waals surface area contributed by atoms with Gasteiger partial charge < -0.3 is 5.73 Å². The van der Waals surface area contributed by atoms with Crippen LogP contribution in [0.5, 0.6) is 0 Å². The van der Waals surface area contributed by atoms with Crippen LogP contribution in [0, 0.1) is 0 Å². The highest BCUT2D eigenvalue weighted by Gasteiger charge is 2.10. The summed E-state index contributed by atoms with van der Waals surface area (Å²) in [4.78, 5) is 0. The molecule has 1 aliphatic carbocycles. The van der Waals surface area contributed by atoms with E-state index in [4.69, 9.17) is 17.3 Å². The van der Waals surface area contributed by atoms with Crippen molar-refractivity contribution in [1.82, 2.24) is 0 Å². The van der Waals surface area contributed by atoms with Gasteiger partial charge in [0.15, 0.2) is 0 Å². The van der Waals surface area contributed by atoms with E-state index < -0.39 is 0 Å². The fourth-order valence-electron chi connectivity index (χ4n) is 0.690. The molecule has 0 aromatic rings. The van der Waals surface area contributed by atoms with Crippen LogP contribution in [-0.4, -0.2) is 6.04 Å². The smallest absolute Gasteiger partial charge is 0.0403 e. The Hall–Kier alpha value is 0.280. The highest BCUT2D eigenvalue weighted by atomic mass is 35.5. The van der Waals surface area contributed by atoms with E-state index in [9.17, 15) is 0 Å². The van der Waals surface area contributed by atoms with Gasteiger partial charge in [0.2, 0.25) is 0 Å². The number of rotatable bonds is 0. The first-order valence-electron chi connectivity index (χ1n) is 2.42. The van der Waals surface area contributed by atoms with E-state index in [1.165, 1.54) is 0 Å². The van der Waals surface area contributed by atoms with Crippen LogP contribution in [0.4, 0.5) is 0 Å². The average molecular weight is 154 g/mol. The SMILES string of the molecule is Cl.N[C@@H]1CCC=C1Cl. The Labute approximate surface area is 60.3 Å². The highest BCUT2D eigenvalue weighted by molar-refractivity contribution is 6.30. The van der Waals surface area contributed by atoms with Crippen molar-refractivity contribution in [2.24, 2.45) is 5.73 Å². The van der Waals surface area contributed by atoms with Crippen LogP contribution in [0.15, 0.2) is 11.1 Å². The Morgan fingerprint density at radius 2 is 2.38 bits per heavy atom. The molecule has 48 valence electrons. The molecule has 0 bridgehead atoms. The van der Waals surface area contributed by atoms with Crippen molar-refractivity contribution >= 4 is 24.0 Å². The van der Waals surface area contributed by atoms with Crippen molar-refractivity contribution in [3.63, 3.8) is 0 Å². The van der Waals surface area contributed by atoms with Gasteiger partial charge in [-0.2, -0.15) is 0 Å². The van der Waals surface area contributed by atoms with E-state index in [2.05, 4.69) is 0 Å². The third kappa shape index (κ3) is 1.66. The van der Waals surface area contributed by atoms with Crippen molar-refractivity contribution in [3.8, 4) is 0 Å². The molecule has 0 aromatic heterocycles. The zero-order valence-electron chi connectivity index (χ0n) is 4.43. The molecule has 0 radical (unpaired) electrons. The monoisotopic (exact) mass is 153 g/mol. The molecule has 0 unspecified atom stereocenters. The maximum absolute atomic E-state index is 5.60. The number of nitrogens with two attached hydrogens (primary N) is 1. The molecule has 1 nitrogen and oxygen atoms in total. The second-order valence-corrected chi connectivity index (χ2v) is 2.21. The topological polar surface area (TPSA) is 26.0 Å². The van der Waals surface area contributed by atoms with Crippen molar-refractivity contribution in [2.45, 2.75) is 18.9 Å². The molecule has 1 rings (SSSR count). The Bertz CT molecular complexity index is 101. The summed E-state index contributed by atoms with van der Waals surface area (Å²) >= 11 is 5.60. The third-order valence-corrected chi connectivity index (χ3v) is 1.61. The molecule has 2 N–H and O–H groups in total. The maximum Gasteiger partial charge on any atom is 0.0403 e. The second-order valence-electron chi connectivity index (χ2n) is 1.77. The molecule has 0 heterocycles. The Kier molecular flexibility index (Phi) is 3.45. The molecular weight excluding hydrogens is 145 g/mol. The molecule has 1 aliphatic rings. The van der Waals surface area contributed by atoms with Gasteiger partial charge in [-0.3, -0.25) is 0 Å². The summed E-state index contributed by atoms with van der Waals surface area (Å²) in [5.74, 6) is 0. The van der Waals surface area contributed by atoms with Gasteiger partial charge in [-0.15, -0.1) is 12.4 Å². The van der Waals surface area contributed by atoms with E-state index in [1.54, 1.807) is 0 Å². The molecule has 0 saturated carbocycles. The van der Waals surface area contributed by atoms with E-state index in [0.29, 0.717) is 0 Å². The lowest BCUT2D eigenvalue weighted by atomic mass is 10.3. The molecule has 0 amide bonds. The largest absolute Gasteiger partial charge is 0.323 e.